The smallest absolute Gasteiger partial charge is 0.449 e. The number of ether oxygens (including phenoxy) is 1. The lowest BCUT2D eigenvalue weighted by Gasteiger charge is -2.17. The Morgan fingerprint density at radius 3 is 2.61 bits per heavy atom. The van der Waals surface area contributed by atoms with Crippen molar-refractivity contribution >= 4 is 28.5 Å². The number of nitrogens with zero attached hydrogens (tertiary/aromatic N) is 2. The van der Waals surface area contributed by atoms with E-state index in [1.165, 1.54) is 23.1 Å². The molecule has 0 bridgehead atoms. The number of fused-ring (bicyclic) bond motifs is 1. The highest BCUT2D eigenvalue weighted by Gasteiger charge is 2.34. The van der Waals surface area contributed by atoms with Crippen LogP contribution in [0.1, 0.15) is 22.6 Å². The second kappa shape index (κ2) is 8.10. The molecule has 0 spiro atoms. The van der Waals surface area contributed by atoms with Gasteiger partial charge in [0.25, 0.3) is 5.91 Å². The van der Waals surface area contributed by atoms with E-state index in [2.05, 4.69) is 9.97 Å². The molecule has 3 rings (SSSR count). The minimum atomic E-state index is -4.57. The van der Waals surface area contributed by atoms with Gasteiger partial charge in [0.2, 0.25) is 5.82 Å². The van der Waals surface area contributed by atoms with Gasteiger partial charge in [-0.1, -0.05) is 11.6 Å². The lowest BCUT2D eigenvalue weighted by atomic mass is 10.1. The summed E-state index contributed by atoms with van der Waals surface area (Å²) in [6.07, 6.45) is -3.97. The summed E-state index contributed by atoms with van der Waals surface area (Å²) < 4.78 is 43.8. The third kappa shape index (κ3) is 4.75. The fourth-order valence-electron chi connectivity index (χ4n) is 2.62. The molecule has 1 heterocycles. The van der Waals surface area contributed by atoms with Crippen LogP contribution in [0.3, 0.4) is 0 Å². The first-order valence-corrected chi connectivity index (χ1v) is 8.82. The van der Waals surface area contributed by atoms with E-state index >= 15 is 0 Å². The Kier molecular flexibility index (Phi) is 5.79. The molecule has 1 aromatic heterocycles. The minimum absolute atomic E-state index is 0.155. The Balaban J connectivity index is 1.57. The van der Waals surface area contributed by atoms with Crippen molar-refractivity contribution in [1.82, 2.24) is 14.9 Å². The molecule has 0 radical (unpaired) electrons. The van der Waals surface area contributed by atoms with Crippen LogP contribution in [-0.2, 0) is 6.18 Å². The average molecular weight is 412 g/mol. The third-order valence-electron chi connectivity index (χ3n) is 4.06. The molecule has 0 aliphatic carbocycles. The van der Waals surface area contributed by atoms with Crippen LogP contribution < -0.4 is 4.74 Å². The van der Waals surface area contributed by atoms with E-state index in [0.717, 1.165) is 0 Å². The molecule has 5 nitrogen and oxygen atoms in total. The first kappa shape index (κ1) is 20.0. The van der Waals surface area contributed by atoms with Crippen LogP contribution in [0.25, 0.3) is 11.0 Å². The van der Waals surface area contributed by atoms with Crippen LogP contribution in [0.5, 0.6) is 5.75 Å². The van der Waals surface area contributed by atoms with Crippen molar-refractivity contribution in [2.24, 2.45) is 0 Å². The van der Waals surface area contributed by atoms with Gasteiger partial charge in [-0.15, -0.1) is 0 Å². The van der Waals surface area contributed by atoms with Gasteiger partial charge in [0.05, 0.1) is 17.6 Å². The zero-order valence-corrected chi connectivity index (χ0v) is 15.6. The van der Waals surface area contributed by atoms with Crippen LogP contribution in [0.15, 0.2) is 42.5 Å². The van der Waals surface area contributed by atoms with Crippen LogP contribution in [0, 0.1) is 0 Å². The van der Waals surface area contributed by atoms with Gasteiger partial charge in [-0.2, -0.15) is 13.2 Å². The average Bonchev–Trinajstić information content (AvgIpc) is 3.09. The number of amides is 1. The van der Waals surface area contributed by atoms with Gasteiger partial charge in [0.15, 0.2) is 0 Å². The number of alkyl halides is 3. The van der Waals surface area contributed by atoms with E-state index in [1.807, 2.05) is 0 Å². The predicted octanol–water partition coefficient (Wildman–Crippen LogP) is 4.78. The number of hydrogen-bond donors (Lipinski definition) is 1. The molecule has 1 amide bonds. The molecule has 2 aromatic carbocycles. The van der Waals surface area contributed by atoms with Crippen LogP contribution in [0.2, 0.25) is 5.02 Å². The zero-order chi connectivity index (χ0) is 20.3. The summed E-state index contributed by atoms with van der Waals surface area (Å²) in [5.74, 6) is -0.695. The summed E-state index contributed by atoms with van der Waals surface area (Å²) in [4.78, 5) is 19.7. The van der Waals surface area contributed by atoms with Gasteiger partial charge >= 0.3 is 6.18 Å². The lowest BCUT2D eigenvalue weighted by Crippen LogP contribution is -2.28. The molecule has 148 valence electrons. The quantitative estimate of drug-likeness (QED) is 0.594. The zero-order valence-electron chi connectivity index (χ0n) is 14.9. The molecule has 0 unspecified atom stereocenters. The van der Waals surface area contributed by atoms with Crippen LogP contribution in [0.4, 0.5) is 13.2 Å². The molecule has 1 N–H and O–H groups in total. The van der Waals surface area contributed by atoms with Gasteiger partial charge in [-0.25, -0.2) is 4.98 Å². The van der Waals surface area contributed by atoms with E-state index in [0.29, 0.717) is 30.3 Å². The van der Waals surface area contributed by atoms with E-state index in [4.69, 9.17) is 16.3 Å². The van der Waals surface area contributed by atoms with E-state index in [-0.39, 0.29) is 22.5 Å². The van der Waals surface area contributed by atoms with Crippen molar-refractivity contribution in [1.29, 1.82) is 0 Å². The van der Waals surface area contributed by atoms with Crippen LogP contribution >= 0.6 is 11.6 Å². The lowest BCUT2D eigenvalue weighted by molar-refractivity contribution is -0.144. The molecule has 0 atom stereocenters. The highest BCUT2D eigenvalue weighted by Crippen LogP contribution is 2.28. The van der Waals surface area contributed by atoms with Gasteiger partial charge in [-0.05, 0) is 48.9 Å². The molecular formula is C19H17ClF3N3O2. The SMILES string of the molecule is CN(CCCOc1ccc(Cl)cc1)C(=O)c1ccc2nc(C(F)(F)F)[nH]c2c1. The summed E-state index contributed by atoms with van der Waals surface area (Å²) in [5, 5.41) is 0.620. The number of rotatable bonds is 6. The van der Waals surface area contributed by atoms with Crippen LogP contribution in [-0.4, -0.2) is 41.0 Å². The van der Waals surface area contributed by atoms with Crippen molar-refractivity contribution in [3.05, 3.63) is 58.9 Å². The first-order chi connectivity index (χ1) is 13.2. The van der Waals surface area contributed by atoms with Crippen molar-refractivity contribution < 1.29 is 22.7 Å². The largest absolute Gasteiger partial charge is 0.494 e. The Labute approximate surface area is 164 Å². The fraction of sp³-hybridized carbons (Fsp3) is 0.263. The summed E-state index contributed by atoms with van der Waals surface area (Å²) >= 11 is 5.81. The normalized spacial score (nSPS) is 11.6. The molecular weight excluding hydrogens is 395 g/mol. The number of carbonyl (C=O) groups excluding carboxylic acids is 1. The van der Waals surface area contributed by atoms with Gasteiger partial charge < -0.3 is 14.6 Å². The molecule has 28 heavy (non-hydrogen) atoms. The second-order valence-electron chi connectivity index (χ2n) is 6.20. The Bertz CT molecular complexity index is 971. The molecule has 0 saturated heterocycles. The molecule has 0 fully saturated rings. The Hall–Kier alpha value is -2.74. The summed E-state index contributed by atoms with van der Waals surface area (Å²) in [7, 11) is 1.63. The molecule has 0 aliphatic heterocycles. The van der Waals surface area contributed by atoms with E-state index in [9.17, 15) is 18.0 Å². The number of nitrogens with one attached hydrogen (secondary N) is 1. The number of hydrogen-bond acceptors (Lipinski definition) is 3. The maximum absolute atomic E-state index is 12.7. The predicted molar refractivity (Wildman–Crippen MR) is 99.6 cm³/mol. The Morgan fingerprint density at radius 2 is 1.93 bits per heavy atom. The Morgan fingerprint density at radius 1 is 1.21 bits per heavy atom. The topological polar surface area (TPSA) is 58.2 Å². The molecule has 0 aliphatic rings. The molecule has 9 heteroatoms. The summed E-state index contributed by atoms with van der Waals surface area (Å²) in [6.45, 7) is 0.842. The van der Waals surface area contributed by atoms with Gasteiger partial charge in [0.1, 0.15) is 5.75 Å². The van der Waals surface area contributed by atoms with Crippen molar-refractivity contribution in [3.8, 4) is 5.75 Å². The minimum Gasteiger partial charge on any atom is -0.494 e. The number of aromatic amines is 1. The van der Waals surface area contributed by atoms with Crippen molar-refractivity contribution in [2.45, 2.75) is 12.6 Å². The second-order valence-corrected chi connectivity index (χ2v) is 6.63. The van der Waals surface area contributed by atoms with Gasteiger partial charge in [0, 0.05) is 24.2 Å². The maximum Gasteiger partial charge on any atom is 0.449 e. The van der Waals surface area contributed by atoms with E-state index in [1.54, 1.807) is 31.3 Å². The number of imidazole rings is 1. The number of halogens is 4. The summed E-state index contributed by atoms with van der Waals surface area (Å²) in [6, 6.07) is 11.2. The maximum atomic E-state index is 12.7. The van der Waals surface area contributed by atoms with E-state index < -0.39 is 12.0 Å². The van der Waals surface area contributed by atoms with Crippen molar-refractivity contribution in [2.75, 3.05) is 20.2 Å². The third-order valence-corrected chi connectivity index (χ3v) is 4.32. The molecule has 0 saturated carbocycles. The number of carbonyl (C=O) groups is 1. The number of aromatic nitrogens is 2. The first-order valence-electron chi connectivity index (χ1n) is 8.45. The number of H-pyrrole nitrogens is 1. The highest BCUT2D eigenvalue weighted by atomic mass is 35.5. The number of benzene rings is 2. The molecule has 3 aromatic rings. The van der Waals surface area contributed by atoms with Gasteiger partial charge in [-0.3, -0.25) is 4.79 Å². The van der Waals surface area contributed by atoms with Crippen molar-refractivity contribution in [3.63, 3.8) is 0 Å². The summed E-state index contributed by atoms with van der Waals surface area (Å²) in [5.41, 5.74) is 0.603. The fourth-order valence-corrected chi connectivity index (χ4v) is 2.75. The standard InChI is InChI=1S/C19H17ClF3N3O2/c1-26(9-2-10-28-14-6-4-13(20)5-7-14)17(27)12-3-8-15-16(11-12)25-18(24-15)19(21,22)23/h3-8,11H,2,9-10H2,1H3,(H,24,25). The highest BCUT2D eigenvalue weighted by molar-refractivity contribution is 6.30. The monoisotopic (exact) mass is 411 g/mol.